The van der Waals surface area contributed by atoms with E-state index >= 15 is 0 Å². The highest BCUT2D eigenvalue weighted by atomic mass is 16.6. The van der Waals surface area contributed by atoms with Crippen molar-refractivity contribution in [2.24, 2.45) is 0 Å². The van der Waals surface area contributed by atoms with E-state index in [0.717, 1.165) is 11.8 Å². The molecule has 0 bridgehead atoms. The van der Waals surface area contributed by atoms with Gasteiger partial charge in [-0.1, -0.05) is 24.3 Å². The summed E-state index contributed by atoms with van der Waals surface area (Å²) in [6, 6.07) is 6.18. The molecule has 2 amide bonds. The van der Waals surface area contributed by atoms with Crippen LogP contribution in [-0.2, 0) is 16.0 Å². The molecule has 0 aliphatic carbocycles. The average Bonchev–Trinajstić information content (AvgIpc) is 2.51. The Morgan fingerprint density at radius 1 is 1.20 bits per heavy atom. The van der Waals surface area contributed by atoms with Crippen molar-refractivity contribution in [3.63, 3.8) is 0 Å². The highest BCUT2D eigenvalue weighted by Gasteiger charge is 2.27. The van der Waals surface area contributed by atoms with E-state index in [1.54, 1.807) is 57.0 Å². The van der Waals surface area contributed by atoms with Crippen LogP contribution in [0.25, 0.3) is 0 Å². The fourth-order valence-corrected chi connectivity index (χ4v) is 2.12. The molecule has 138 valence electrons. The number of amides is 2. The van der Waals surface area contributed by atoms with Gasteiger partial charge in [-0.05, 0) is 40.2 Å². The predicted octanol–water partition coefficient (Wildman–Crippen LogP) is 2.80. The van der Waals surface area contributed by atoms with E-state index in [2.05, 4.69) is 5.32 Å². The zero-order chi connectivity index (χ0) is 19.2. The molecule has 0 saturated carbocycles. The molecule has 0 aliphatic heterocycles. The van der Waals surface area contributed by atoms with Crippen molar-refractivity contribution in [2.75, 3.05) is 7.05 Å². The molecule has 1 aromatic carbocycles. The van der Waals surface area contributed by atoms with Gasteiger partial charge in [-0.15, -0.1) is 0 Å². The molecule has 0 radical (unpaired) electrons. The quantitative estimate of drug-likeness (QED) is 0.802. The van der Waals surface area contributed by atoms with Gasteiger partial charge in [0.1, 0.15) is 17.9 Å². The van der Waals surface area contributed by atoms with Crippen LogP contribution in [0.3, 0.4) is 0 Å². The summed E-state index contributed by atoms with van der Waals surface area (Å²) in [7, 11) is 1.70. The van der Waals surface area contributed by atoms with Crippen LogP contribution in [0.2, 0.25) is 0 Å². The highest BCUT2D eigenvalue weighted by Crippen LogP contribution is 2.11. The largest absolute Gasteiger partial charge is 0.444 e. The standard InChI is InChI=1S/C19H28N2O4/c1-13(2)21(6)17(23)16(20-18(24)25-19(3,4)5)11-14-7-9-15(12-22)10-8-14/h7-10,12-13,16H,11H2,1-6H3,(H,20,24)/t16-/m1/s1. The highest BCUT2D eigenvalue weighted by molar-refractivity contribution is 5.86. The minimum atomic E-state index is -0.746. The summed E-state index contributed by atoms with van der Waals surface area (Å²) in [5, 5.41) is 2.66. The second kappa shape index (κ2) is 8.65. The number of nitrogens with zero attached hydrogens (tertiary/aromatic N) is 1. The number of ether oxygens (including phenoxy) is 1. The third-order valence-corrected chi connectivity index (χ3v) is 3.67. The molecule has 0 aromatic heterocycles. The predicted molar refractivity (Wildman–Crippen MR) is 96.6 cm³/mol. The van der Waals surface area contributed by atoms with Gasteiger partial charge >= 0.3 is 6.09 Å². The molecule has 1 N–H and O–H groups in total. The van der Waals surface area contributed by atoms with Crippen molar-refractivity contribution in [1.29, 1.82) is 0 Å². The van der Waals surface area contributed by atoms with Crippen molar-refractivity contribution >= 4 is 18.3 Å². The van der Waals surface area contributed by atoms with Crippen molar-refractivity contribution in [1.82, 2.24) is 10.2 Å². The first kappa shape index (κ1) is 20.7. The summed E-state index contributed by atoms with van der Waals surface area (Å²) >= 11 is 0. The molecule has 1 rings (SSSR count). The van der Waals surface area contributed by atoms with Gasteiger partial charge in [-0.3, -0.25) is 9.59 Å². The van der Waals surface area contributed by atoms with Crippen LogP contribution >= 0.6 is 0 Å². The first-order chi connectivity index (χ1) is 11.5. The lowest BCUT2D eigenvalue weighted by Crippen LogP contribution is -2.51. The molecular weight excluding hydrogens is 320 g/mol. The summed E-state index contributed by atoms with van der Waals surface area (Å²) in [5.74, 6) is -0.194. The average molecular weight is 348 g/mol. The van der Waals surface area contributed by atoms with Gasteiger partial charge in [0, 0.05) is 25.1 Å². The van der Waals surface area contributed by atoms with Gasteiger partial charge in [-0.2, -0.15) is 0 Å². The van der Waals surface area contributed by atoms with E-state index < -0.39 is 17.7 Å². The Morgan fingerprint density at radius 2 is 1.76 bits per heavy atom. The normalized spacial score (nSPS) is 12.4. The Hall–Kier alpha value is -2.37. The molecule has 6 heteroatoms. The van der Waals surface area contributed by atoms with Gasteiger partial charge in [0.2, 0.25) is 5.91 Å². The van der Waals surface area contributed by atoms with Crippen molar-refractivity contribution < 1.29 is 19.1 Å². The zero-order valence-corrected chi connectivity index (χ0v) is 15.8. The van der Waals surface area contributed by atoms with Crippen LogP contribution in [0, 0.1) is 0 Å². The van der Waals surface area contributed by atoms with Crippen molar-refractivity contribution in [2.45, 2.75) is 58.7 Å². The van der Waals surface area contributed by atoms with Crippen LogP contribution in [0.1, 0.15) is 50.5 Å². The van der Waals surface area contributed by atoms with E-state index in [0.29, 0.717) is 12.0 Å². The monoisotopic (exact) mass is 348 g/mol. The summed E-state index contributed by atoms with van der Waals surface area (Å²) in [5.41, 5.74) is 0.760. The van der Waals surface area contributed by atoms with Gasteiger partial charge < -0.3 is 15.0 Å². The molecular formula is C19H28N2O4. The van der Waals surface area contributed by atoms with Crippen molar-refractivity contribution in [3.8, 4) is 0 Å². The Kier molecular flexibility index (Phi) is 7.15. The number of carbonyl (C=O) groups is 3. The second-order valence-electron chi connectivity index (χ2n) is 7.31. The molecule has 1 aromatic rings. The molecule has 25 heavy (non-hydrogen) atoms. The fraction of sp³-hybridized carbons (Fsp3) is 0.526. The molecule has 6 nitrogen and oxygen atoms in total. The van der Waals surface area contributed by atoms with Gasteiger partial charge in [0.05, 0.1) is 0 Å². The Labute approximate surface area is 149 Å². The molecule has 0 saturated heterocycles. The molecule has 1 atom stereocenters. The smallest absolute Gasteiger partial charge is 0.408 e. The van der Waals surface area contributed by atoms with Gasteiger partial charge in [-0.25, -0.2) is 4.79 Å². The van der Waals surface area contributed by atoms with Crippen LogP contribution < -0.4 is 5.32 Å². The summed E-state index contributed by atoms with van der Waals surface area (Å²) in [6.07, 6.45) is 0.444. The fourth-order valence-electron chi connectivity index (χ4n) is 2.12. The van der Waals surface area contributed by atoms with Crippen LogP contribution in [0.5, 0.6) is 0 Å². The van der Waals surface area contributed by atoms with Crippen LogP contribution in [0.4, 0.5) is 4.79 Å². The Balaban J connectivity index is 2.95. The molecule has 0 aliphatic rings. The maximum Gasteiger partial charge on any atom is 0.408 e. The van der Waals surface area contributed by atoms with Crippen LogP contribution in [-0.4, -0.2) is 47.9 Å². The van der Waals surface area contributed by atoms with Crippen LogP contribution in [0.15, 0.2) is 24.3 Å². The number of rotatable bonds is 6. The maximum atomic E-state index is 12.7. The zero-order valence-electron chi connectivity index (χ0n) is 15.8. The summed E-state index contributed by atoms with van der Waals surface area (Å²) in [6.45, 7) is 9.11. The third-order valence-electron chi connectivity index (χ3n) is 3.67. The molecule has 0 spiro atoms. The van der Waals surface area contributed by atoms with E-state index in [-0.39, 0.29) is 11.9 Å². The lowest BCUT2D eigenvalue weighted by atomic mass is 10.0. The number of aldehydes is 1. The third kappa shape index (κ3) is 6.95. The Bertz CT molecular complexity index is 603. The second-order valence-corrected chi connectivity index (χ2v) is 7.31. The molecule has 0 heterocycles. The number of carbonyl (C=O) groups excluding carboxylic acids is 3. The number of hydrogen-bond acceptors (Lipinski definition) is 4. The number of hydrogen-bond donors (Lipinski definition) is 1. The van der Waals surface area contributed by atoms with Gasteiger partial charge in [0.15, 0.2) is 0 Å². The van der Waals surface area contributed by atoms with E-state index in [1.807, 2.05) is 13.8 Å². The minimum Gasteiger partial charge on any atom is -0.444 e. The van der Waals surface area contributed by atoms with Gasteiger partial charge in [0.25, 0.3) is 0 Å². The first-order valence-electron chi connectivity index (χ1n) is 8.34. The number of alkyl carbamates (subject to hydrolysis) is 1. The SMILES string of the molecule is CC(C)N(C)C(=O)[C@@H](Cc1ccc(C=O)cc1)NC(=O)OC(C)(C)C. The number of benzene rings is 1. The minimum absolute atomic E-state index is 0.00729. The lowest BCUT2D eigenvalue weighted by molar-refractivity contribution is -0.133. The van der Waals surface area contributed by atoms with E-state index in [9.17, 15) is 14.4 Å². The Morgan fingerprint density at radius 3 is 2.20 bits per heavy atom. The summed E-state index contributed by atoms with van der Waals surface area (Å²) < 4.78 is 5.27. The molecule has 0 fully saturated rings. The van der Waals surface area contributed by atoms with E-state index in [4.69, 9.17) is 4.74 Å². The van der Waals surface area contributed by atoms with Crippen molar-refractivity contribution in [3.05, 3.63) is 35.4 Å². The topological polar surface area (TPSA) is 75.7 Å². The first-order valence-corrected chi connectivity index (χ1v) is 8.34. The lowest BCUT2D eigenvalue weighted by Gasteiger charge is -2.28. The maximum absolute atomic E-state index is 12.7. The number of likely N-dealkylation sites (N-methyl/N-ethyl adjacent to an activating group) is 1. The number of nitrogens with one attached hydrogen (secondary N) is 1. The molecule has 0 unspecified atom stereocenters. The van der Waals surface area contributed by atoms with E-state index in [1.165, 1.54) is 0 Å². The summed E-state index contributed by atoms with van der Waals surface area (Å²) in [4.78, 5) is 37.2.